The van der Waals surface area contributed by atoms with E-state index in [-0.39, 0.29) is 23.8 Å². The third kappa shape index (κ3) is 5.34. The molecule has 9 nitrogen and oxygen atoms in total. The van der Waals surface area contributed by atoms with Crippen molar-refractivity contribution < 1.29 is 14.3 Å². The van der Waals surface area contributed by atoms with Gasteiger partial charge in [-0.15, -0.1) is 0 Å². The molecule has 9 heteroatoms. The normalized spacial score (nSPS) is 14.1. The molecule has 1 aliphatic heterocycles. The highest BCUT2D eigenvalue weighted by atomic mass is 16.5. The second-order valence-corrected chi connectivity index (χ2v) is 9.98. The SMILES string of the molecule is CCCn1c(=O)c2[nH]c(-c3ccc(OCC(=O)N4CCC(c5ccc(OC)cc5)CC4)cc3)cc2n(C)c1=O. The van der Waals surface area contributed by atoms with Crippen molar-refractivity contribution in [2.24, 2.45) is 7.05 Å². The molecule has 0 saturated carbocycles. The van der Waals surface area contributed by atoms with E-state index in [0.29, 0.717) is 48.8 Å². The molecule has 39 heavy (non-hydrogen) atoms. The molecular formula is C30H34N4O5. The van der Waals surface area contributed by atoms with Gasteiger partial charge in [0.1, 0.15) is 17.0 Å². The number of carbonyl (C=O) groups excluding carboxylic acids is 1. The second-order valence-electron chi connectivity index (χ2n) is 9.98. The lowest BCUT2D eigenvalue weighted by molar-refractivity contribution is -0.134. The summed E-state index contributed by atoms with van der Waals surface area (Å²) < 4.78 is 13.8. The molecule has 2 aromatic carbocycles. The zero-order valence-corrected chi connectivity index (χ0v) is 22.6. The lowest BCUT2D eigenvalue weighted by Crippen LogP contribution is -2.40. The Labute approximate surface area is 226 Å². The molecule has 0 spiro atoms. The average molecular weight is 531 g/mol. The van der Waals surface area contributed by atoms with Crippen molar-refractivity contribution in [3.05, 3.63) is 81.0 Å². The number of aryl methyl sites for hydroxylation is 1. The summed E-state index contributed by atoms with van der Waals surface area (Å²) in [7, 11) is 3.33. The summed E-state index contributed by atoms with van der Waals surface area (Å²) in [5, 5.41) is 0. The molecule has 1 N–H and O–H groups in total. The number of H-pyrrole nitrogens is 1. The number of amides is 1. The summed E-state index contributed by atoms with van der Waals surface area (Å²) in [6.07, 6.45) is 2.54. The Morgan fingerprint density at radius 2 is 1.67 bits per heavy atom. The van der Waals surface area contributed by atoms with Crippen LogP contribution in [0.2, 0.25) is 0 Å². The van der Waals surface area contributed by atoms with Crippen LogP contribution >= 0.6 is 0 Å². The Morgan fingerprint density at radius 3 is 2.31 bits per heavy atom. The maximum atomic E-state index is 12.8. The number of hydrogen-bond acceptors (Lipinski definition) is 5. The highest BCUT2D eigenvalue weighted by molar-refractivity contribution is 5.82. The third-order valence-corrected chi connectivity index (χ3v) is 7.54. The average Bonchev–Trinajstić information content (AvgIpc) is 3.43. The van der Waals surface area contributed by atoms with Crippen LogP contribution in [0.5, 0.6) is 11.5 Å². The maximum Gasteiger partial charge on any atom is 0.331 e. The van der Waals surface area contributed by atoms with Crippen molar-refractivity contribution in [3.63, 3.8) is 0 Å². The molecule has 4 aromatic rings. The van der Waals surface area contributed by atoms with Gasteiger partial charge in [0.05, 0.1) is 12.6 Å². The lowest BCUT2D eigenvalue weighted by atomic mass is 9.89. The first-order chi connectivity index (χ1) is 18.9. The van der Waals surface area contributed by atoms with E-state index >= 15 is 0 Å². The van der Waals surface area contributed by atoms with Gasteiger partial charge in [-0.3, -0.25) is 18.7 Å². The number of nitrogens with zero attached hydrogens (tertiary/aromatic N) is 3. The van der Waals surface area contributed by atoms with E-state index in [9.17, 15) is 14.4 Å². The summed E-state index contributed by atoms with van der Waals surface area (Å²) in [4.78, 5) is 43.3. The number of nitrogens with one attached hydrogen (secondary N) is 1. The quantitative estimate of drug-likeness (QED) is 0.373. The molecule has 2 aromatic heterocycles. The van der Waals surface area contributed by atoms with Gasteiger partial charge in [0.2, 0.25) is 0 Å². The fourth-order valence-electron chi connectivity index (χ4n) is 5.26. The Kier molecular flexibility index (Phi) is 7.58. The van der Waals surface area contributed by atoms with Gasteiger partial charge in [-0.05, 0) is 78.8 Å². The van der Waals surface area contributed by atoms with Gasteiger partial charge in [-0.1, -0.05) is 19.1 Å². The molecule has 1 amide bonds. The van der Waals surface area contributed by atoms with Gasteiger partial charge in [-0.25, -0.2) is 4.79 Å². The highest BCUT2D eigenvalue weighted by Crippen LogP contribution is 2.29. The number of aromatic nitrogens is 3. The second kappa shape index (κ2) is 11.2. The molecule has 0 aliphatic carbocycles. The van der Waals surface area contributed by atoms with Gasteiger partial charge in [-0.2, -0.15) is 0 Å². The van der Waals surface area contributed by atoms with Crippen molar-refractivity contribution >= 4 is 16.9 Å². The van der Waals surface area contributed by atoms with Crippen molar-refractivity contribution in [2.75, 3.05) is 26.8 Å². The first-order valence-corrected chi connectivity index (χ1v) is 13.4. The zero-order valence-electron chi connectivity index (χ0n) is 22.6. The maximum absolute atomic E-state index is 12.8. The molecule has 1 saturated heterocycles. The lowest BCUT2D eigenvalue weighted by Gasteiger charge is -2.32. The molecule has 204 valence electrons. The van der Waals surface area contributed by atoms with Crippen LogP contribution in [-0.4, -0.2) is 51.7 Å². The number of carbonyl (C=O) groups is 1. The van der Waals surface area contributed by atoms with E-state index in [1.165, 1.54) is 14.7 Å². The molecule has 5 rings (SSSR count). The van der Waals surface area contributed by atoms with Crippen LogP contribution in [0.3, 0.4) is 0 Å². The van der Waals surface area contributed by atoms with E-state index in [1.54, 1.807) is 26.3 Å². The van der Waals surface area contributed by atoms with E-state index < -0.39 is 0 Å². The topological polar surface area (TPSA) is 98.6 Å². The highest BCUT2D eigenvalue weighted by Gasteiger charge is 2.24. The van der Waals surface area contributed by atoms with Gasteiger partial charge < -0.3 is 19.4 Å². The Morgan fingerprint density at radius 1 is 1.00 bits per heavy atom. The van der Waals surface area contributed by atoms with Crippen molar-refractivity contribution in [2.45, 2.75) is 38.6 Å². The Hall–Kier alpha value is -4.27. The van der Waals surface area contributed by atoms with E-state index in [4.69, 9.17) is 9.47 Å². The van der Waals surface area contributed by atoms with E-state index in [0.717, 1.165) is 29.8 Å². The summed E-state index contributed by atoms with van der Waals surface area (Å²) in [5.41, 5.74) is 3.19. The first-order valence-electron chi connectivity index (χ1n) is 13.4. The number of rotatable bonds is 8. The molecular weight excluding hydrogens is 496 g/mol. The minimum absolute atomic E-state index is 0.0159. The number of methoxy groups -OCH3 is 1. The molecule has 1 fully saturated rings. The summed E-state index contributed by atoms with van der Waals surface area (Å²) in [5.74, 6) is 1.86. The van der Waals surface area contributed by atoms with Crippen LogP contribution in [0, 0.1) is 0 Å². The largest absolute Gasteiger partial charge is 0.497 e. The summed E-state index contributed by atoms with van der Waals surface area (Å²) >= 11 is 0. The molecule has 0 bridgehead atoms. The fraction of sp³-hybridized carbons (Fsp3) is 0.367. The molecule has 0 atom stereocenters. The van der Waals surface area contributed by atoms with Crippen molar-refractivity contribution in [1.82, 2.24) is 19.0 Å². The Bertz CT molecular complexity index is 1570. The van der Waals surface area contributed by atoms with E-state index in [1.807, 2.05) is 42.2 Å². The number of ether oxygens (including phenoxy) is 2. The monoisotopic (exact) mass is 530 g/mol. The minimum Gasteiger partial charge on any atom is -0.497 e. The Balaban J connectivity index is 1.19. The van der Waals surface area contributed by atoms with Crippen molar-refractivity contribution in [1.29, 1.82) is 0 Å². The number of aromatic amines is 1. The first kappa shape index (κ1) is 26.3. The van der Waals surface area contributed by atoms with Gasteiger partial charge in [0.15, 0.2) is 6.61 Å². The minimum atomic E-state index is -0.321. The van der Waals surface area contributed by atoms with Gasteiger partial charge >= 0.3 is 5.69 Å². The zero-order chi connectivity index (χ0) is 27.5. The van der Waals surface area contributed by atoms with Crippen LogP contribution in [0.1, 0.15) is 37.7 Å². The van der Waals surface area contributed by atoms with Crippen LogP contribution in [-0.2, 0) is 18.4 Å². The predicted octanol–water partition coefficient (Wildman–Crippen LogP) is 3.90. The predicted molar refractivity (Wildman–Crippen MR) is 151 cm³/mol. The fourth-order valence-corrected chi connectivity index (χ4v) is 5.26. The van der Waals surface area contributed by atoms with Gasteiger partial charge in [0.25, 0.3) is 11.5 Å². The van der Waals surface area contributed by atoms with Crippen LogP contribution in [0.25, 0.3) is 22.3 Å². The third-order valence-electron chi connectivity index (χ3n) is 7.54. The van der Waals surface area contributed by atoms with E-state index in [2.05, 4.69) is 17.1 Å². The number of likely N-dealkylation sites (tertiary alicyclic amines) is 1. The molecule has 0 unspecified atom stereocenters. The molecule has 1 aliphatic rings. The molecule has 3 heterocycles. The summed E-state index contributed by atoms with van der Waals surface area (Å²) in [6, 6.07) is 17.3. The van der Waals surface area contributed by atoms with Crippen LogP contribution in [0.4, 0.5) is 0 Å². The summed E-state index contributed by atoms with van der Waals surface area (Å²) in [6.45, 7) is 3.71. The van der Waals surface area contributed by atoms with Crippen LogP contribution in [0.15, 0.2) is 64.2 Å². The van der Waals surface area contributed by atoms with Gasteiger partial charge in [0, 0.05) is 32.4 Å². The van der Waals surface area contributed by atoms with Crippen molar-refractivity contribution in [3.8, 4) is 22.8 Å². The number of piperidine rings is 1. The number of fused-ring (bicyclic) bond motifs is 1. The number of benzene rings is 2. The van der Waals surface area contributed by atoms with Crippen LogP contribution < -0.4 is 20.7 Å². The number of hydrogen-bond donors (Lipinski definition) is 1. The molecule has 0 radical (unpaired) electrons. The standard InChI is InChI=1S/C30H34N4O5/c1-4-15-34-29(36)28-26(32(2)30(34)37)18-25(31-28)22-7-11-24(12-8-22)39-19-27(35)33-16-13-21(14-17-33)20-5-9-23(38-3)10-6-20/h5-12,18,21,31H,4,13-17,19H2,1-3H3. The smallest absolute Gasteiger partial charge is 0.331 e.